The Labute approximate surface area is 136 Å². The SMILES string of the molecule is CN1c2ccccc2Nc2ccccc2N(C)c2ccccc21. The van der Waals surface area contributed by atoms with Crippen LogP contribution in [0.1, 0.15) is 0 Å². The zero-order valence-electron chi connectivity index (χ0n) is 13.3. The lowest BCUT2D eigenvalue weighted by atomic mass is 10.2. The molecule has 3 nitrogen and oxygen atoms in total. The maximum Gasteiger partial charge on any atom is 0.0649 e. The van der Waals surface area contributed by atoms with Crippen LogP contribution in [0, 0.1) is 0 Å². The Morgan fingerprint density at radius 2 is 0.870 bits per heavy atom. The molecule has 4 rings (SSSR count). The Morgan fingerprint density at radius 1 is 0.522 bits per heavy atom. The van der Waals surface area contributed by atoms with E-state index in [4.69, 9.17) is 0 Å². The molecular formula is C20H19N3. The van der Waals surface area contributed by atoms with Gasteiger partial charge in [0.1, 0.15) is 0 Å². The molecule has 0 fully saturated rings. The Morgan fingerprint density at radius 3 is 1.30 bits per heavy atom. The first-order valence-corrected chi connectivity index (χ1v) is 7.77. The number of anilines is 6. The van der Waals surface area contributed by atoms with Crippen molar-refractivity contribution in [2.24, 2.45) is 0 Å². The van der Waals surface area contributed by atoms with Gasteiger partial charge in [-0.2, -0.15) is 0 Å². The molecule has 0 saturated carbocycles. The molecule has 114 valence electrons. The van der Waals surface area contributed by atoms with E-state index >= 15 is 0 Å². The van der Waals surface area contributed by atoms with Crippen LogP contribution in [0.25, 0.3) is 0 Å². The summed E-state index contributed by atoms with van der Waals surface area (Å²) >= 11 is 0. The molecule has 0 aromatic heterocycles. The summed E-state index contributed by atoms with van der Waals surface area (Å²) in [4.78, 5) is 4.47. The summed E-state index contributed by atoms with van der Waals surface area (Å²) in [5.74, 6) is 0. The fraction of sp³-hybridized carbons (Fsp3) is 0.100. The lowest BCUT2D eigenvalue weighted by molar-refractivity contribution is 1.16. The third kappa shape index (κ3) is 2.21. The van der Waals surface area contributed by atoms with Gasteiger partial charge in [-0.15, -0.1) is 0 Å². The van der Waals surface area contributed by atoms with Gasteiger partial charge in [0, 0.05) is 14.1 Å². The Kier molecular flexibility index (Phi) is 3.19. The first kappa shape index (κ1) is 13.7. The molecular weight excluding hydrogens is 282 g/mol. The van der Waals surface area contributed by atoms with Crippen molar-refractivity contribution in [3.8, 4) is 0 Å². The van der Waals surface area contributed by atoms with Crippen molar-refractivity contribution in [3.63, 3.8) is 0 Å². The van der Waals surface area contributed by atoms with Gasteiger partial charge >= 0.3 is 0 Å². The van der Waals surface area contributed by atoms with Crippen LogP contribution in [0.15, 0.2) is 72.8 Å². The molecule has 23 heavy (non-hydrogen) atoms. The van der Waals surface area contributed by atoms with Gasteiger partial charge in [0.25, 0.3) is 0 Å². The molecule has 3 heteroatoms. The van der Waals surface area contributed by atoms with Crippen LogP contribution >= 0.6 is 0 Å². The highest BCUT2D eigenvalue weighted by Crippen LogP contribution is 2.43. The molecule has 0 saturated heterocycles. The fourth-order valence-electron chi connectivity index (χ4n) is 3.18. The first-order chi connectivity index (χ1) is 11.3. The summed E-state index contributed by atoms with van der Waals surface area (Å²) < 4.78 is 0. The van der Waals surface area contributed by atoms with E-state index in [0.717, 1.165) is 22.7 Å². The molecule has 1 aliphatic rings. The Bertz CT molecular complexity index is 786. The standard InChI is InChI=1S/C20H19N3/c1-22-17-11-5-3-9-15(17)21-16-10-4-6-12-18(16)23(2)20-14-8-7-13-19(20)22/h3-14,21H,1-2H3. The van der Waals surface area contributed by atoms with E-state index in [0.29, 0.717) is 0 Å². The quantitative estimate of drug-likeness (QED) is 0.609. The number of fused-ring (bicyclic) bond motifs is 3. The van der Waals surface area contributed by atoms with Crippen LogP contribution in [-0.4, -0.2) is 14.1 Å². The number of hydrogen-bond donors (Lipinski definition) is 1. The number of para-hydroxylation sites is 6. The van der Waals surface area contributed by atoms with Gasteiger partial charge in [0.2, 0.25) is 0 Å². The predicted molar refractivity (Wildman–Crippen MR) is 98.7 cm³/mol. The number of nitrogens with zero attached hydrogens (tertiary/aromatic N) is 2. The molecule has 1 heterocycles. The minimum atomic E-state index is 1.10. The van der Waals surface area contributed by atoms with E-state index in [1.165, 1.54) is 11.4 Å². The first-order valence-electron chi connectivity index (χ1n) is 7.77. The van der Waals surface area contributed by atoms with Crippen LogP contribution in [-0.2, 0) is 0 Å². The van der Waals surface area contributed by atoms with Gasteiger partial charge < -0.3 is 15.1 Å². The number of benzene rings is 3. The van der Waals surface area contributed by atoms with Crippen LogP contribution < -0.4 is 15.1 Å². The van der Waals surface area contributed by atoms with Crippen molar-refractivity contribution in [3.05, 3.63) is 72.8 Å². The molecule has 0 unspecified atom stereocenters. The Balaban J connectivity index is 2.03. The zero-order valence-corrected chi connectivity index (χ0v) is 13.3. The highest BCUT2D eigenvalue weighted by molar-refractivity contribution is 5.92. The van der Waals surface area contributed by atoms with Crippen molar-refractivity contribution >= 4 is 34.1 Å². The zero-order chi connectivity index (χ0) is 15.8. The van der Waals surface area contributed by atoms with Crippen molar-refractivity contribution in [2.45, 2.75) is 0 Å². The van der Waals surface area contributed by atoms with E-state index in [2.05, 4.69) is 102 Å². The molecule has 1 aliphatic heterocycles. The smallest absolute Gasteiger partial charge is 0.0649 e. The van der Waals surface area contributed by atoms with Gasteiger partial charge in [0.15, 0.2) is 0 Å². The van der Waals surface area contributed by atoms with Crippen LogP contribution in [0.4, 0.5) is 34.1 Å². The van der Waals surface area contributed by atoms with Gasteiger partial charge in [-0.3, -0.25) is 0 Å². The number of nitrogens with one attached hydrogen (secondary N) is 1. The second-order valence-corrected chi connectivity index (χ2v) is 5.77. The van der Waals surface area contributed by atoms with Gasteiger partial charge in [-0.1, -0.05) is 36.4 Å². The second kappa shape index (κ2) is 5.36. The summed E-state index contributed by atoms with van der Waals surface area (Å²) in [6, 6.07) is 25.3. The van der Waals surface area contributed by atoms with Crippen LogP contribution in [0.3, 0.4) is 0 Å². The molecule has 0 spiro atoms. The molecule has 0 amide bonds. The average molecular weight is 301 g/mol. The summed E-state index contributed by atoms with van der Waals surface area (Å²) in [6.07, 6.45) is 0. The van der Waals surface area contributed by atoms with Crippen molar-refractivity contribution in [1.29, 1.82) is 0 Å². The molecule has 1 N–H and O–H groups in total. The average Bonchev–Trinajstić information content (AvgIpc) is 2.64. The van der Waals surface area contributed by atoms with E-state index in [9.17, 15) is 0 Å². The predicted octanol–water partition coefficient (Wildman–Crippen LogP) is 5.28. The number of rotatable bonds is 0. The monoisotopic (exact) mass is 301 g/mol. The highest BCUT2D eigenvalue weighted by Gasteiger charge is 2.20. The van der Waals surface area contributed by atoms with Gasteiger partial charge in [-0.05, 0) is 36.4 Å². The maximum absolute atomic E-state index is 3.60. The van der Waals surface area contributed by atoms with Gasteiger partial charge in [0.05, 0.1) is 34.1 Å². The maximum atomic E-state index is 3.60. The van der Waals surface area contributed by atoms with Crippen LogP contribution in [0.5, 0.6) is 0 Å². The second-order valence-electron chi connectivity index (χ2n) is 5.77. The lowest BCUT2D eigenvalue weighted by Crippen LogP contribution is -2.16. The van der Waals surface area contributed by atoms with E-state index in [-0.39, 0.29) is 0 Å². The molecule has 0 bridgehead atoms. The van der Waals surface area contributed by atoms with E-state index in [1.54, 1.807) is 0 Å². The summed E-state index contributed by atoms with van der Waals surface area (Å²) in [6.45, 7) is 0. The third-order valence-corrected chi connectivity index (χ3v) is 4.40. The highest BCUT2D eigenvalue weighted by atomic mass is 15.2. The van der Waals surface area contributed by atoms with E-state index < -0.39 is 0 Å². The Hall–Kier alpha value is -2.94. The topological polar surface area (TPSA) is 18.5 Å². The molecule has 0 radical (unpaired) electrons. The van der Waals surface area contributed by atoms with E-state index in [1.807, 2.05) is 0 Å². The minimum absolute atomic E-state index is 1.10. The van der Waals surface area contributed by atoms with Crippen molar-refractivity contribution in [2.75, 3.05) is 29.2 Å². The largest absolute Gasteiger partial charge is 0.352 e. The molecule has 0 aliphatic carbocycles. The molecule has 0 atom stereocenters. The summed E-state index contributed by atoms with van der Waals surface area (Å²) in [7, 11) is 4.23. The number of hydrogen-bond acceptors (Lipinski definition) is 3. The summed E-state index contributed by atoms with van der Waals surface area (Å²) in [5, 5.41) is 3.60. The lowest BCUT2D eigenvalue weighted by Gasteiger charge is -2.27. The van der Waals surface area contributed by atoms with Gasteiger partial charge in [-0.25, -0.2) is 0 Å². The van der Waals surface area contributed by atoms with Crippen molar-refractivity contribution in [1.82, 2.24) is 0 Å². The van der Waals surface area contributed by atoms with Crippen molar-refractivity contribution < 1.29 is 0 Å². The normalized spacial score (nSPS) is 13.0. The van der Waals surface area contributed by atoms with Crippen LogP contribution in [0.2, 0.25) is 0 Å². The third-order valence-electron chi connectivity index (χ3n) is 4.40. The fourth-order valence-corrected chi connectivity index (χ4v) is 3.18. The molecule has 3 aromatic carbocycles. The minimum Gasteiger partial charge on any atom is -0.352 e. The molecule has 3 aromatic rings. The summed E-state index contributed by atoms with van der Waals surface area (Å²) in [5.41, 5.74) is 6.89.